The Labute approximate surface area is 159 Å². The van der Waals surface area contributed by atoms with Gasteiger partial charge < -0.3 is 14.8 Å². The first-order chi connectivity index (χ1) is 13.0. The Morgan fingerprint density at radius 2 is 2.07 bits per heavy atom. The van der Waals surface area contributed by atoms with E-state index in [1.807, 2.05) is 31.2 Å². The SMILES string of the molecule is CCOC(=O)C1=C(CN2CCOCC2)N(C)C(=O)N[C@H]1c1cccc(C)c1. The van der Waals surface area contributed by atoms with Gasteiger partial charge in [0.05, 0.1) is 31.4 Å². The number of aryl methyl sites for hydroxylation is 1. The van der Waals surface area contributed by atoms with E-state index in [0.29, 0.717) is 31.0 Å². The van der Waals surface area contributed by atoms with Gasteiger partial charge in [0, 0.05) is 32.4 Å². The van der Waals surface area contributed by atoms with Crippen LogP contribution in [0.2, 0.25) is 0 Å². The van der Waals surface area contributed by atoms with Gasteiger partial charge in [-0.2, -0.15) is 0 Å². The predicted octanol–water partition coefficient (Wildman–Crippen LogP) is 1.84. The van der Waals surface area contributed by atoms with Gasteiger partial charge in [-0.15, -0.1) is 0 Å². The van der Waals surface area contributed by atoms with E-state index in [0.717, 1.165) is 24.2 Å². The summed E-state index contributed by atoms with van der Waals surface area (Å²) in [5.41, 5.74) is 3.12. The van der Waals surface area contributed by atoms with Crippen molar-refractivity contribution in [2.24, 2.45) is 0 Å². The number of esters is 1. The van der Waals surface area contributed by atoms with Crippen LogP contribution in [0.3, 0.4) is 0 Å². The van der Waals surface area contributed by atoms with Crippen LogP contribution in [0.15, 0.2) is 35.5 Å². The number of rotatable bonds is 5. The second kappa shape index (κ2) is 8.54. The summed E-state index contributed by atoms with van der Waals surface area (Å²) in [6, 6.07) is 7.08. The number of urea groups is 1. The van der Waals surface area contributed by atoms with Crippen LogP contribution in [0.5, 0.6) is 0 Å². The maximum absolute atomic E-state index is 12.9. The van der Waals surface area contributed by atoms with Gasteiger partial charge in [0.2, 0.25) is 0 Å². The van der Waals surface area contributed by atoms with E-state index in [2.05, 4.69) is 10.2 Å². The molecule has 27 heavy (non-hydrogen) atoms. The van der Waals surface area contributed by atoms with Crippen molar-refractivity contribution in [1.29, 1.82) is 0 Å². The number of carbonyl (C=O) groups excluding carboxylic acids is 2. The van der Waals surface area contributed by atoms with E-state index in [1.165, 1.54) is 4.90 Å². The largest absolute Gasteiger partial charge is 0.463 e. The van der Waals surface area contributed by atoms with Crippen LogP contribution in [0, 0.1) is 6.92 Å². The number of carbonyl (C=O) groups is 2. The van der Waals surface area contributed by atoms with Crippen LogP contribution in [0.25, 0.3) is 0 Å². The fourth-order valence-electron chi connectivity index (χ4n) is 3.47. The number of hydrogen-bond donors (Lipinski definition) is 1. The van der Waals surface area contributed by atoms with Crippen LogP contribution >= 0.6 is 0 Å². The van der Waals surface area contributed by atoms with E-state index in [4.69, 9.17) is 9.47 Å². The maximum Gasteiger partial charge on any atom is 0.338 e. The molecule has 2 aliphatic rings. The Morgan fingerprint density at radius 3 is 2.74 bits per heavy atom. The molecule has 3 rings (SSSR count). The van der Waals surface area contributed by atoms with Crippen LogP contribution in [0.1, 0.15) is 24.1 Å². The molecule has 2 amide bonds. The average molecular weight is 373 g/mol. The highest BCUT2D eigenvalue weighted by Gasteiger charge is 2.37. The van der Waals surface area contributed by atoms with E-state index in [1.54, 1.807) is 14.0 Å². The smallest absolute Gasteiger partial charge is 0.338 e. The highest BCUT2D eigenvalue weighted by Crippen LogP contribution is 2.31. The first kappa shape index (κ1) is 19.4. The van der Waals surface area contributed by atoms with Crippen molar-refractivity contribution in [3.8, 4) is 0 Å². The summed E-state index contributed by atoms with van der Waals surface area (Å²) in [5, 5.41) is 2.95. The summed E-state index contributed by atoms with van der Waals surface area (Å²) in [6.07, 6.45) is 0. The normalized spacial score (nSPS) is 21.2. The highest BCUT2D eigenvalue weighted by molar-refractivity contribution is 5.95. The number of likely N-dealkylation sites (N-methyl/N-ethyl adjacent to an activating group) is 1. The molecule has 0 unspecified atom stereocenters. The van der Waals surface area contributed by atoms with Crippen molar-refractivity contribution in [2.45, 2.75) is 19.9 Å². The minimum absolute atomic E-state index is 0.224. The zero-order valence-electron chi connectivity index (χ0n) is 16.2. The molecule has 1 aromatic rings. The van der Waals surface area contributed by atoms with Gasteiger partial charge in [0.1, 0.15) is 0 Å². The molecule has 0 bridgehead atoms. The number of morpholine rings is 1. The molecule has 7 heteroatoms. The van der Waals surface area contributed by atoms with Crippen LogP contribution in [0.4, 0.5) is 4.79 Å². The van der Waals surface area contributed by atoms with Crippen molar-refractivity contribution < 1.29 is 19.1 Å². The zero-order valence-corrected chi connectivity index (χ0v) is 16.2. The number of nitrogens with one attached hydrogen (secondary N) is 1. The number of amides is 2. The van der Waals surface area contributed by atoms with Crippen molar-refractivity contribution in [3.63, 3.8) is 0 Å². The molecule has 7 nitrogen and oxygen atoms in total. The maximum atomic E-state index is 12.9. The summed E-state index contributed by atoms with van der Waals surface area (Å²) >= 11 is 0. The molecular formula is C20H27N3O4. The Bertz CT molecular complexity index is 740. The zero-order chi connectivity index (χ0) is 19.4. The van der Waals surface area contributed by atoms with Gasteiger partial charge in [0.25, 0.3) is 0 Å². The minimum Gasteiger partial charge on any atom is -0.463 e. The average Bonchev–Trinajstić information content (AvgIpc) is 2.66. The Morgan fingerprint density at radius 1 is 1.33 bits per heavy atom. The van der Waals surface area contributed by atoms with Crippen molar-refractivity contribution >= 4 is 12.0 Å². The molecule has 1 fully saturated rings. The molecule has 2 heterocycles. The first-order valence-corrected chi connectivity index (χ1v) is 9.32. The summed E-state index contributed by atoms with van der Waals surface area (Å²) in [7, 11) is 1.69. The number of hydrogen-bond acceptors (Lipinski definition) is 5. The van der Waals surface area contributed by atoms with Gasteiger partial charge in [-0.3, -0.25) is 9.80 Å². The Kier molecular flexibility index (Phi) is 6.13. The number of nitrogens with zero attached hydrogens (tertiary/aromatic N) is 2. The lowest BCUT2D eigenvalue weighted by Crippen LogP contribution is -2.50. The lowest BCUT2D eigenvalue weighted by molar-refractivity contribution is -0.139. The molecule has 1 aromatic carbocycles. The van der Waals surface area contributed by atoms with Crippen molar-refractivity contribution in [2.75, 3.05) is 46.5 Å². The molecule has 0 aromatic heterocycles. The summed E-state index contributed by atoms with van der Waals surface area (Å²) < 4.78 is 10.8. The van der Waals surface area contributed by atoms with Crippen molar-refractivity contribution in [3.05, 3.63) is 46.7 Å². The lowest BCUT2D eigenvalue weighted by Gasteiger charge is -2.37. The van der Waals surface area contributed by atoms with Crippen LogP contribution < -0.4 is 5.32 Å². The molecule has 0 spiro atoms. The fourth-order valence-corrected chi connectivity index (χ4v) is 3.47. The molecule has 146 valence electrons. The summed E-state index contributed by atoms with van der Waals surface area (Å²) in [6.45, 7) is 7.40. The second-order valence-corrected chi connectivity index (χ2v) is 6.83. The van der Waals surface area contributed by atoms with Gasteiger partial charge in [-0.05, 0) is 19.4 Å². The van der Waals surface area contributed by atoms with E-state index >= 15 is 0 Å². The first-order valence-electron chi connectivity index (χ1n) is 9.32. The van der Waals surface area contributed by atoms with E-state index in [-0.39, 0.29) is 18.6 Å². The fraction of sp³-hybridized carbons (Fsp3) is 0.500. The topological polar surface area (TPSA) is 71.1 Å². The number of benzene rings is 1. The Balaban J connectivity index is 2.04. The van der Waals surface area contributed by atoms with Gasteiger partial charge in [-0.1, -0.05) is 29.8 Å². The molecule has 0 radical (unpaired) electrons. The van der Waals surface area contributed by atoms with Crippen LogP contribution in [-0.4, -0.2) is 68.3 Å². The molecule has 0 saturated carbocycles. The van der Waals surface area contributed by atoms with E-state index in [9.17, 15) is 9.59 Å². The summed E-state index contributed by atoms with van der Waals surface area (Å²) in [4.78, 5) is 29.2. The standard InChI is InChI=1S/C20H27N3O4/c1-4-27-19(24)17-16(13-23-8-10-26-11-9-23)22(3)20(25)21-18(17)15-7-5-6-14(2)12-15/h5-7,12,18H,4,8-11,13H2,1-3H3,(H,21,25)/t18-/m0/s1. The summed E-state index contributed by atoms with van der Waals surface area (Å²) in [5.74, 6) is -0.390. The van der Waals surface area contributed by atoms with Crippen LogP contribution in [-0.2, 0) is 14.3 Å². The second-order valence-electron chi connectivity index (χ2n) is 6.83. The number of ether oxygens (including phenoxy) is 2. The molecule has 1 atom stereocenters. The van der Waals surface area contributed by atoms with Crippen molar-refractivity contribution in [1.82, 2.24) is 15.1 Å². The molecule has 2 aliphatic heterocycles. The van der Waals surface area contributed by atoms with E-state index < -0.39 is 6.04 Å². The minimum atomic E-state index is -0.524. The molecular weight excluding hydrogens is 346 g/mol. The highest BCUT2D eigenvalue weighted by atomic mass is 16.5. The third-order valence-electron chi connectivity index (χ3n) is 4.92. The van der Waals surface area contributed by atoms with Gasteiger partial charge >= 0.3 is 12.0 Å². The monoisotopic (exact) mass is 373 g/mol. The lowest BCUT2D eigenvalue weighted by atomic mass is 9.93. The van der Waals surface area contributed by atoms with Gasteiger partial charge in [0.15, 0.2) is 0 Å². The molecule has 1 saturated heterocycles. The Hall–Kier alpha value is -2.38. The molecule has 1 N–H and O–H groups in total. The third kappa shape index (κ3) is 4.31. The van der Waals surface area contributed by atoms with Gasteiger partial charge in [-0.25, -0.2) is 9.59 Å². The third-order valence-corrected chi connectivity index (χ3v) is 4.92. The predicted molar refractivity (Wildman–Crippen MR) is 101 cm³/mol. The quantitative estimate of drug-likeness (QED) is 0.798. The molecule has 0 aliphatic carbocycles.